The van der Waals surface area contributed by atoms with Crippen molar-refractivity contribution in [1.29, 1.82) is 0 Å². The zero-order valence-corrected chi connectivity index (χ0v) is 10.3. The number of fused-ring (bicyclic) bond motifs is 1. The van der Waals surface area contributed by atoms with Gasteiger partial charge >= 0.3 is 0 Å². The smallest absolute Gasteiger partial charge is 0.134 e. The fraction of sp³-hybridized carbons (Fsp3) is 0.182. The first-order chi connectivity index (χ1) is 7.65. The number of anilines is 2. The fourth-order valence-corrected chi connectivity index (χ4v) is 2.05. The summed E-state index contributed by atoms with van der Waals surface area (Å²) in [7, 11) is 0. The summed E-state index contributed by atoms with van der Waals surface area (Å²) in [6.07, 6.45) is 1.53. The highest BCUT2D eigenvalue weighted by Crippen LogP contribution is 2.33. The first kappa shape index (κ1) is 11.1. The molecule has 0 radical (unpaired) electrons. The average Bonchev–Trinajstić information content (AvgIpc) is 2.27. The molecule has 0 atom stereocenters. The van der Waals surface area contributed by atoms with Crippen molar-refractivity contribution in [3.63, 3.8) is 0 Å². The van der Waals surface area contributed by atoms with Gasteiger partial charge in [-0.1, -0.05) is 0 Å². The van der Waals surface area contributed by atoms with Crippen LogP contribution in [0.2, 0.25) is 0 Å². The third-order valence-corrected chi connectivity index (χ3v) is 2.94. The molecular formula is C11H11BrFN3. The third kappa shape index (κ3) is 1.71. The van der Waals surface area contributed by atoms with Crippen LogP contribution >= 0.6 is 15.9 Å². The summed E-state index contributed by atoms with van der Waals surface area (Å²) in [6.45, 7) is 2.61. The molecule has 0 aliphatic heterocycles. The van der Waals surface area contributed by atoms with Crippen LogP contribution in [-0.4, -0.2) is 11.5 Å². The Kier molecular flexibility index (Phi) is 2.96. The molecule has 0 unspecified atom stereocenters. The lowest BCUT2D eigenvalue weighted by atomic mass is 10.1. The van der Waals surface area contributed by atoms with Gasteiger partial charge in [-0.2, -0.15) is 0 Å². The number of hydrogen-bond acceptors (Lipinski definition) is 3. The first-order valence-electron chi connectivity index (χ1n) is 4.91. The van der Waals surface area contributed by atoms with Gasteiger partial charge in [0, 0.05) is 11.0 Å². The number of nitrogens with zero attached hydrogens (tertiary/aromatic N) is 1. The summed E-state index contributed by atoms with van der Waals surface area (Å²) in [5.41, 5.74) is 7.41. The molecule has 1 aromatic carbocycles. The maximum absolute atomic E-state index is 13.8. The largest absolute Gasteiger partial charge is 0.396 e. The van der Waals surface area contributed by atoms with Crippen LogP contribution in [0.15, 0.2) is 22.8 Å². The molecule has 5 heteroatoms. The number of nitrogens with one attached hydrogen (secondary N) is 1. The minimum absolute atomic E-state index is 0.325. The van der Waals surface area contributed by atoms with Crippen molar-refractivity contribution in [2.24, 2.45) is 0 Å². The Morgan fingerprint density at radius 1 is 1.50 bits per heavy atom. The van der Waals surface area contributed by atoms with E-state index in [1.54, 1.807) is 6.07 Å². The van der Waals surface area contributed by atoms with E-state index in [1.165, 1.54) is 12.3 Å². The molecule has 0 saturated carbocycles. The maximum Gasteiger partial charge on any atom is 0.134 e. The van der Waals surface area contributed by atoms with Gasteiger partial charge in [0.25, 0.3) is 0 Å². The molecule has 0 fully saturated rings. The minimum Gasteiger partial charge on any atom is -0.396 e. The number of rotatable bonds is 2. The van der Waals surface area contributed by atoms with Crippen molar-refractivity contribution in [1.82, 2.24) is 4.98 Å². The summed E-state index contributed by atoms with van der Waals surface area (Å²) >= 11 is 3.34. The zero-order chi connectivity index (χ0) is 11.7. The van der Waals surface area contributed by atoms with Crippen LogP contribution in [0.3, 0.4) is 0 Å². The van der Waals surface area contributed by atoms with E-state index in [0.717, 1.165) is 4.47 Å². The number of pyridine rings is 1. The van der Waals surface area contributed by atoms with Gasteiger partial charge in [-0.15, -0.1) is 0 Å². The zero-order valence-electron chi connectivity index (χ0n) is 8.72. The Morgan fingerprint density at radius 2 is 2.25 bits per heavy atom. The minimum atomic E-state index is -0.325. The van der Waals surface area contributed by atoms with Crippen LogP contribution < -0.4 is 11.1 Å². The standard InChI is InChI=1S/C11H11BrFN3/c1-2-15-11-8(14)5-16-10-6(12)3-4-7(13)9(10)11/h3-5H,2,14H2,1H3,(H,15,16). The molecule has 3 nitrogen and oxygen atoms in total. The highest BCUT2D eigenvalue weighted by molar-refractivity contribution is 9.10. The van der Waals surface area contributed by atoms with Crippen molar-refractivity contribution in [3.8, 4) is 0 Å². The Hall–Kier alpha value is -1.36. The van der Waals surface area contributed by atoms with E-state index in [1.807, 2.05) is 6.92 Å². The Morgan fingerprint density at radius 3 is 2.94 bits per heavy atom. The number of nitrogens with two attached hydrogens (primary N) is 1. The second-order valence-electron chi connectivity index (χ2n) is 3.37. The van der Waals surface area contributed by atoms with Crippen molar-refractivity contribution < 1.29 is 4.39 Å². The van der Waals surface area contributed by atoms with Crippen molar-refractivity contribution >= 4 is 38.2 Å². The molecule has 0 amide bonds. The van der Waals surface area contributed by atoms with Gasteiger partial charge in [-0.3, -0.25) is 4.98 Å². The predicted molar refractivity (Wildman–Crippen MR) is 68.0 cm³/mol. The number of benzene rings is 1. The number of hydrogen-bond donors (Lipinski definition) is 2. The topological polar surface area (TPSA) is 50.9 Å². The molecule has 16 heavy (non-hydrogen) atoms. The monoisotopic (exact) mass is 283 g/mol. The van der Waals surface area contributed by atoms with Crippen LogP contribution in [0, 0.1) is 5.82 Å². The quantitative estimate of drug-likeness (QED) is 0.890. The van der Waals surface area contributed by atoms with Crippen LogP contribution in [-0.2, 0) is 0 Å². The van der Waals surface area contributed by atoms with E-state index < -0.39 is 0 Å². The molecule has 0 spiro atoms. The molecule has 1 aromatic heterocycles. The van der Waals surface area contributed by atoms with E-state index in [9.17, 15) is 4.39 Å². The Labute approximate surface area is 101 Å². The van der Waals surface area contributed by atoms with Crippen LogP contribution in [0.25, 0.3) is 10.9 Å². The van der Waals surface area contributed by atoms with Crippen LogP contribution in [0.1, 0.15) is 6.92 Å². The van der Waals surface area contributed by atoms with Crippen molar-refractivity contribution in [2.75, 3.05) is 17.6 Å². The maximum atomic E-state index is 13.8. The van der Waals surface area contributed by atoms with Gasteiger partial charge < -0.3 is 11.1 Å². The van der Waals surface area contributed by atoms with Gasteiger partial charge in [0.1, 0.15) is 5.82 Å². The average molecular weight is 284 g/mol. The molecule has 0 aliphatic rings. The summed E-state index contributed by atoms with van der Waals surface area (Å²) in [4.78, 5) is 4.13. The Bertz CT molecular complexity index is 542. The number of aromatic nitrogens is 1. The highest BCUT2D eigenvalue weighted by atomic mass is 79.9. The molecule has 2 rings (SSSR count). The van der Waals surface area contributed by atoms with E-state index in [2.05, 4.69) is 26.2 Å². The van der Waals surface area contributed by atoms with E-state index in [-0.39, 0.29) is 5.82 Å². The molecule has 1 heterocycles. The number of nitrogen functional groups attached to an aromatic ring is 1. The third-order valence-electron chi connectivity index (χ3n) is 2.30. The van der Waals surface area contributed by atoms with Gasteiger partial charge in [-0.25, -0.2) is 4.39 Å². The van der Waals surface area contributed by atoms with E-state index in [4.69, 9.17) is 5.73 Å². The second kappa shape index (κ2) is 4.25. The van der Waals surface area contributed by atoms with Gasteiger partial charge in [0.15, 0.2) is 0 Å². The molecule has 0 saturated heterocycles. The summed E-state index contributed by atoms with van der Waals surface area (Å²) in [6, 6.07) is 3.03. The molecule has 3 N–H and O–H groups in total. The summed E-state index contributed by atoms with van der Waals surface area (Å²) in [5, 5.41) is 3.49. The van der Waals surface area contributed by atoms with Gasteiger partial charge in [-0.05, 0) is 35.0 Å². The normalized spacial score (nSPS) is 10.7. The van der Waals surface area contributed by atoms with Gasteiger partial charge in [0.2, 0.25) is 0 Å². The SMILES string of the molecule is CCNc1c(N)cnc2c(Br)ccc(F)c12. The lowest BCUT2D eigenvalue weighted by Gasteiger charge is -2.11. The fourth-order valence-electron chi connectivity index (χ4n) is 1.62. The van der Waals surface area contributed by atoms with Gasteiger partial charge in [0.05, 0.1) is 28.5 Å². The number of halogens is 2. The van der Waals surface area contributed by atoms with Crippen LogP contribution in [0.4, 0.5) is 15.8 Å². The first-order valence-corrected chi connectivity index (χ1v) is 5.70. The lowest BCUT2D eigenvalue weighted by Crippen LogP contribution is -2.03. The van der Waals surface area contributed by atoms with Crippen molar-refractivity contribution in [3.05, 3.63) is 28.6 Å². The Balaban J connectivity index is 2.85. The molecule has 0 aliphatic carbocycles. The van der Waals surface area contributed by atoms with Crippen molar-refractivity contribution in [2.45, 2.75) is 6.92 Å². The van der Waals surface area contributed by atoms with E-state index >= 15 is 0 Å². The molecule has 84 valence electrons. The van der Waals surface area contributed by atoms with Crippen LogP contribution in [0.5, 0.6) is 0 Å². The molecule has 2 aromatic rings. The summed E-state index contributed by atoms with van der Waals surface area (Å²) < 4.78 is 14.5. The molecular weight excluding hydrogens is 273 g/mol. The highest BCUT2D eigenvalue weighted by Gasteiger charge is 2.12. The predicted octanol–water partition coefficient (Wildman–Crippen LogP) is 3.15. The van der Waals surface area contributed by atoms with E-state index in [0.29, 0.717) is 28.8 Å². The molecule has 0 bridgehead atoms. The summed E-state index contributed by atoms with van der Waals surface area (Å²) in [5.74, 6) is -0.325. The second-order valence-corrected chi connectivity index (χ2v) is 4.23. The lowest BCUT2D eigenvalue weighted by molar-refractivity contribution is 0.639.